The van der Waals surface area contributed by atoms with E-state index in [-0.39, 0.29) is 4.90 Å². The molecule has 0 radical (unpaired) electrons. The van der Waals surface area contributed by atoms with Crippen molar-refractivity contribution in [2.24, 2.45) is 0 Å². The molecular weight excluding hydrogens is 333 g/mol. The number of rotatable bonds is 5. The second-order valence-electron chi connectivity index (χ2n) is 4.17. The Morgan fingerprint density at radius 3 is 2.43 bits per heavy atom. The molecule has 8 heteroatoms. The van der Waals surface area contributed by atoms with Gasteiger partial charge < -0.3 is 5.32 Å². The summed E-state index contributed by atoms with van der Waals surface area (Å²) < 4.78 is 27.1. The molecule has 1 aromatic heterocycles. The zero-order valence-corrected chi connectivity index (χ0v) is 13.4. The first-order valence-corrected chi connectivity index (χ1v) is 8.33. The molecule has 0 unspecified atom stereocenters. The second-order valence-corrected chi connectivity index (χ2v) is 6.73. The molecule has 0 aliphatic carbocycles. The molecule has 0 saturated carbocycles. The number of pyridine rings is 1. The highest BCUT2D eigenvalue weighted by atomic mass is 35.5. The lowest BCUT2D eigenvalue weighted by molar-refractivity contribution is 0.601. The number of aromatic nitrogens is 1. The molecule has 0 aliphatic rings. The summed E-state index contributed by atoms with van der Waals surface area (Å²) in [5.74, 6) is 0.490. The fraction of sp³-hybridized carbons (Fsp3) is 0.154. The van der Waals surface area contributed by atoms with Gasteiger partial charge in [0.05, 0.1) is 10.6 Å². The van der Waals surface area contributed by atoms with Crippen molar-refractivity contribution in [3.63, 3.8) is 0 Å². The minimum absolute atomic E-state index is 0.101. The van der Waals surface area contributed by atoms with Gasteiger partial charge >= 0.3 is 0 Å². The van der Waals surface area contributed by atoms with Gasteiger partial charge in [-0.3, -0.25) is 4.72 Å². The lowest BCUT2D eigenvalue weighted by Gasteiger charge is -2.10. The lowest BCUT2D eigenvalue weighted by Crippen LogP contribution is -2.13. The largest absolute Gasteiger partial charge is 0.370 e. The number of nitrogens with zero attached hydrogens (tertiary/aromatic N) is 1. The normalized spacial score (nSPS) is 11.2. The van der Waals surface area contributed by atoms with E-state index in [0.29, 0.717) is 28.1 Å². The molecule has 0 bridgehead atoms. The Morgan fingerprint density at radius 1 is 1.14 bits per heavy atom. The van der Waals surface area contributed by atoms with Crippen molar-refractivity contribution in [1.29, 1.82) is 0 Å². The lowest BCUT2D eigenvalue weighted by atomic mass is 10.3. The summed E-state index contributed by atoms with van der Waals surface area (Å²) in [5.41, 5.74) is 0.300. The second kappa shape index (κ2) is 6.51. The minimum atomic E-state index is -3.73. The maximum absolute atomic E-state index is 12.3. The van der Waals surface area contributed by atoms with Gasteiger partial charge in [0, 0.05) is 28.9 Å². The maximum atomic E-state index is 12.3. The summed E-state index contributed by atoms with van der Waals surface area (Å²) >= 11 is 11.7. The minimum Gasteiger partial charge on any atom is -0.370 e. The number of sulfonamides is 1. The molecule has 0 amide bonds. The van der Waals surface area contributed by atoms with Crippen molar-refractivity contribution in [2.45, 2.75) is 11.8 Å². The van der Waals surface area contributed by atoms with Gasteiger partial charge in [0.25, 0.3) is 10.0 Å². The number of nitrogens with one attached hydrogen (secondary N) is 2. The third-order valence-corrected chi connectivity index (χ3v) is 4.33. The van der Waals surface area contributed by atoms with Crippen molar-refractivity contribution in [2.75, 3.05) is 16.6 Å². The third kappa shape index (κ3) is 4.23. The van der Waals surface area contributed by atoms with Crippen LogP contribution < -0.4 is 10.0 Å². The molecule has 2 rings (SSSR count). The van der Waals surface area contributed by atoms with Crippen LogP contribution in [-0.4, -0.2) is 19.9 Å². The molecule has 0 fully saturated rings. The van der Waals surface area contributed by atoms with Crippen LogP contribution in [-0.2, 0) is 10.0 Å². The van der Waals surface area contributed by atoms with Gasteiger partial charge in [0.2, 0.25) is 0 Å². The first kappa shape index (κ1) is 15.9. The van der Waals surface area contributed by atoms with Gasteiger partial charge in [0.15, 0.2) is 0 Å². The van der Waals surface area contributed by atoms with E-state index in [1.54, 1.807) is 0 Å². The number of hydrogen-bond acceptors (Lipinski definition) is 4. The molecule has 21 heavy (non-hydrogen) atoms. The summed E-state index contributed by atoms with van der Waals surface area (Å²) in [5, 5.41) is 3.66. The fourth-order valence-electron chi connectivity index (χ4n) is 1.68. The molecule has 5 nitrogen and oxygen atoms in total. The van der Waals surface area contributed by atoms with Crippen molar-refractivity contribution in [1.82, 2.24) is 4.98 Å². The van der Waals surface area contributed by atoms with Gasteiger partial charge in [-0.25, -0.2) is 13.4 Å². The standard InChI is InChI=1S/C13H13Cl2N3O2S/c1-2-16-13-8-12(3-4-17-13)21(19,20)18-11-6-9(14)5-10(15)7-11/h3-8,18H,2H2,1H3,(H,16,17). The van der Waals surface area contributed by atoms with E-state index in [2.05, 4.69) is 15.0 Å². The Hall–Kier alpha value is -1.50. The van der Waals surface area contributed by atoms with Crippen LogP contribution in [0.3, 0.4) is 0 Å². The van der Waals surface area contributed by atoms with Crippen LogP contribution >= 0.6 is 23.2 Å². The van der Waals surface area contributed by atoms with Crippen molar-refractivity contribution >= 4 is 44.7 Å². The monoisotopic (exact) mass is 345 g/mol. The zero-order valence-electron chi connectivity index (χ0n) is 11.1. The number of halogens is 2. The quantitative estimate of drug-likeness (QED) is 0.867. The SMILES string of the molecule is CCNc1cc(S(=O)(=O)Nc2cc(Cl)cc(Cl)c2)ccn1. The summed E-state index contributed by atoms with van der Waals surface area (Å²) in [6, 6.07) is 7.36. The fourth-order valence-corrected chi connectivity index (χ4v) is 3.26. The van der Waals surface area contributed by atoms with Crippen LogP contribution in [0.25, 0.3) is 0 Å². The van der Waals surface area contributed by atoms with E-state index in [1.807, 2.05) is 6.92 Å². The Kier molecular flexibility index (Phi) is 4.92. The van der Waals surface area contributed by atoms with Gasteiger partial charge in [-0.05, 0) is 31.2 Å². The topological polar surface area (TPSA) is 71.1 Å². The van der Waals surface area contributed by atoms with E-state index >= 15 is 0 Å². The summed E-state index contributed by atoms with van der Waals surface area (Å²) in [4.78, 5) is 4.13. The highest BCUT2D eigenvalue weighted by molar-refractivity contribution is 7.92. The van der Waals surface area contributed by atoms with Gasteiger partial charge in [-0.2, -0.15) is 0 Å². The van der Waals surface area contributed by atoms with Crippen LogP contribution in [0.15, 0.2) is 41.4 Å². The molecule has 0 spiro atoms. The van der Waals surface area contributed by atoms with Crippen molar-refractivity contribution in [3.8, 4) is 0 Å². The smallest absolute Gasteiger partial charge is 0.262 e. The predicted molar refractivity (Wildman–Crippen MR) is 85.7 cm³/mol. The zero-order chi connectivity index (χ0) is 15.5. The highest BCUT2D eigenvalue weighted by Gasteiger charge is 2.15. The van der Waals surface area contributed by atoms with Crippen LogP contribution in [0.5, 0.6) is 0 Å². The Morgan fingerprint density at radius 2 is 1.81 bits per heavy atom. The Balaban J connectivity index is 2.31. The molecular formula is C13H13Cl2N3O2S. The van der Waals surface area contributed by atoms with Crippen LogP contribution in [0, 0.1) is 0 Å². The molecule has 112 valence electrons. The number of hydrogen-bond donors (Lipinski definition) is 2. The van der Waals surface area contributed by atoms with Gasteiger partial charge in [-0.1, -0.05) is 23.2 Å². The number of anilines is 2. The molecule has 2 aromatic rings. The average molecular weight is 346 g/mol. The van der Waals surface area contributed by atoms with E-state index < -0.39 is 10.0 Å². The Labute approximate surface area is 133 Å². The molecule has 0 atom stereocenters. The summed E-state index contributed by atoms with van der Waals surface area (Å²) in [7, 11) is -3.73. The summed E-state index contributed by atoms with van der Waals surface area (Å²) in [6.45, 7) is 2.54. The van der Waals surface area contributed by atoms with Crippen molar-refractivity contribution in [3.05, 3.63) is 46.6 Å². The molecule has 1 heterocycles. The third-order valence-electron chi connectivity index (χ3n) is 2.51. The Bertz CT molecular complexity index is 731. The number of benzene rings is 1. The molecule has 2 N–H and O–H groups in total. The van der Waals surface area contributed by atoms with Gasteiger partial charge in [0.1, 0.15) is 5.82 Å². The molecule has 1 aromatic carbocycles. The van der Waals surface area contributed by atoms with Crippen LogP contribution in [0.1, 0.15) is 6.92 Å². The van der Waals surface area contributed by atoms with E-state index in [9.17, 15) is 8.42 Å². The molecule has 0 saturated heterocycles. The summed E-state index contributed by atoms with van der Waals surface area (Å²) in [6.07, 6.45) is 1.43. The van der Waals surface area contributed by atoms with Crippen LogP contribution in [0.4, 0.5) is 11.5 Å². The van der Waals surface area contributed by atoms with E-state index in [0.717, 1.165) is 0 Å². The highest BCUT2D eigenvalue weighted by Crippen LogP contribution is 2.25. The maximum Gasteiger partial charge on any atom is 0.262 e. The van der Waals surface area contributed by atoms with E-state index in [1.165, 1.54) is 36.5 Å². The van der Waals surface area contributed by atoms with Crippen LogP contribution in [0.2, 0.25) is 10.0 Å². The predicted octanol–water partition coefficient (Wildman–Crippen LogP) is 3.62. The molecule has 0 aliphatic heterocycles. The first-order valence-electron chi connectivity index (χ1n) is 6.09. The van der Waals surface area contributed by atoms with Gasteiger partial charge in [-0.15, -0.1) is 0 Å². The van der Waals surface area contributed by atoms with Crippen molar-refractivity contribution < 1.29 is 8.42 Å². The van der Waals surface area contributed by atoms with E-state index in [4.69, 9.17) is 23.2 Å². The first-order chi connectivity index (χ1) is 9.90. The average Bonchev–Trinajstić information content (AvgIpc) is 2.37.